The summed E-state index contributed by atoms with van der Waals surface area (Å²) in [5, 5.41) is 10.3. The van der Waals surface area contributed by atoms with Gasteiger partial charge in [0.1, 0.15) is 0 Å². The number of rotatable bonds is 8. The van der Waals surface area contributed by atoms with E-state index in [1.54, 1.807) is 0 Å². The first kappa shape index (κ1) is 25.0. The van der Waals surface area contributed by atoms with Crippen LogP contribution in [0.4, 0.5) is 0 Å². The van der Waals surface area contributed by atoms with Gasteiger partial charge in [-0.3, -0.25) is 0 Å². The maximum absolute atomic E-state index is 2.30. The molecule has 32 heavy (non-hydrogen) atoms. The van der Waals surface area contributed by atoms with E-state index in [0.717, 1.165) is 18.0 Å². The smallest absolute Gasteiger partial charge is 0.0195 e. The van der Waals surface area contributed by atoms with Crippen LogP contribution in [0.5, 0.6) is 0 Å². The molecule has 3 heteroatoms. The second kappa shape index (κ2) is 14.5. The SMILES string of the molecule is [CH3][Pd][CH3].c1ccc(P(CCCP(c2ccccc2)c2ccccc2)c2ccccc2)cc1. The Morgan fingerprint density at radius 3 is 0.875 bits per heavy atom. The third-order valence-corrected chi connectivity index (χ3v) is 10.2. The van der Waals surface area contributed by atoms with Crippen LogP contribution in [0.25, 0.3) is 0 Å². The van der Waals surface area contributed by atoms with Crippen LogP contribution in [0, 0.1) is 0 Å². The van der Waals surface area contributed by atoms with Crippen LogP contribution in [0.3, 0.4) is 0 Å². The Kier molecular flexibility index (Phi) is 11.4. The summed E-state index contributed by atoms with van der Waals surface area (Å²) in [4.78, 5) is 0. The van der Waals surface area contributed by atoms with E-state index < -0.39 is 0 Å². The first-order chi connectivity index (χ1) is 15.8. The standard InChI is InChI=1S/C27H26P2.2CH3.Pd/c1-5-14-24(15-6-1)28(25-16-7-2-8-17-25)22-13-23-29(26-18-9-3-10-19-26)27-20-11-4-12-21-27;;;/h1-12,14-21H,13,22-23H2;2*1H3;. The Hall–Kier alpha value is -1.60. The predicted octanol–water partition coefficient (Wildman–Crippen LogP) is 6.81. The van der Waals surface area contributed by atoms with Crippen molar-refractivity contribution in [1.82, 2.24) is 0 Å². The maximum Gasteiger partial charge on any atom is -0.0195 e. The molecule has 4 aromatic carbocycles. The van der Waals surface area contributed by atoms with Crippen molar-refractivity contribution in [3.63, 3.8) is 0 Å². The zero-order chi connectivity index (χ0) is 22.4. The predicted molar refractivity (Wildman–Crippen MR) is 144 cm³/mol. The van der Waals surface area contributed by atoms with E-state index in [-0.39, 0.29) is 15.8 Å². The third-order valence-electron chi connectivity index (χ3n) is 5.03. The summed E-state index contributed by atoms with van der Waals surface area (Å²) >= 11 is 0.950. The molecule has 0 aliphatic rings. The van der Waals surface area contributed by atoms with Crippen molar-refractivity contribution < 1.29 is 18.0 Å². The Bertz CT molecular complexity index is 830. The van der Waals surface area contributed by atoms with Gasteiger partial charge >= 0.3 is 28.8 Å². The van der Waals surface area contributed by atoms with Gasteiger partial charge in [-0.2, -0.15) is 0 Å². The molecular weight excluding hydrogens is 517 g/mol. The van der Waals surface area contributed by atoms with Crippen LogP contribution in [-0.4, -0.2) is 12.3 Å². The molecule has 0 saturated carbocycles. The minimum absolute atomic E-state index is 0.309. The summed E-state index contributed by atoms with van der Waals surface area (Å²) in [6, 6.07) is 44.3. The molecule has 0 aliphatic heterocycles. The first-order valence-corrected chi connectivity index (χ1v) is 17.0. The molecule has 0 atom stereocenters. The van der Waals surface area contributed by atoms with Gasteiger partial charge in [0.25, 0.3) is 0 Å². The van der Waals surface area contributed by atoms with Gasteiger partial charge in [-0.1, -0.05) is 121 Å². The molecule has 0 unspecified atom stereocenters. The molecule has 168 valence electrons. The van der Waals surface area contributed by atoms with Crippen LogP contribution in [-0.2, 0) is 18.0 Å². The average Bonchev–Trinajstić information content (AvgIpc) is 2.87. The van der Waals surface area contributed by atoms with Crippen molar-refractivity contribution in [1.29, 1.82) is 0 Å². The van der Waals surface area contributed by atoms with Gasteiger partial charge in [-0.05, 0) is 55.8 Å². The zero-order valence-electron chi connectivity index (χ0n) is 18.9. The van der Waals surface area contributed by atoms with Gasteiger partial charge in [-0.25, -0.2) is 0 Å². The van der Waals surface area contributed by atoms with Crippen molar-refractivity contribution >= 4 is 37.1 Å². The Morgan fingerprint density at radius 1 is 0.438 bits per heavy atom. The Labute approximate surface area is 205 Å². The molecule has 4 rings (SSSR count). The second-order valence-electron chi connectivity index (χ2n) is 7.32. The topological polar surface area (TPSA) is 0 Å². The molecule has 0 saturated heterocycles. The van der Waals surface area contributed by atoms with Gasteiger partial charge in [0.2, 0.25) is 0 Å². The Balaban J connectivity index is 0.000000913. The molecule has 0 nitrogen and oxygen atoms in total. The van der Waals surface area contributed by atoms with E-state index in [4.69, 9.17) is 0 Å². The van der Waals surface area contributed by atoms with Gasteiger partial charge < -0.3 is 0 Å². The summed E-state index contributed by atoms with van der Waals surface area (Å²) < 4.78 is 0. The van der Waals surface area contributed by atoms with E-state index in [0.29, 0.717) is 0 Å². The summed E-state index contributed by atoms with van der Waals surface area (Å²) in [7, 11) is -0.618. The minimum Gasteiger partial charge on any atom is -0.0622 e. The van der Waals surface area contributed by atoms with Crippen molar-refractivity contribution in [2.45, 2.75) is 17.2 Å². The fourth-order valence-corrected chi connectivity index (χ4v) is 8.59. The van der Waals surface area contributed by atoms with Crippen LogP contribution in [0.15, 0.2) is 121 Å². The number of hydrogen-bond donors (Lipinski definition) is 0. The third kappa shape index (κ3) is 7.77. The van der Waals surface area contributed by atoms with Crippen molar-refractivity contribution in [2.75, 3.05) is 12.3 Å². The fraction of sp³-hybridized carbons (Fsp3) is 0.172. The summed E-state index contributed by atoms with van der Waals surface area (Å²) in [6.07, 6.45) is 3.72. The summed E-state index contributed by atoms with van der Waals surface area (Å²) in [6.45, 7) is 0. The van der Waals surface area contributed by atoms with Crippen molar-refractivity contribution in [2.24, 2.45) is 0 Å². The van der Waals surface area contributed by atoms with Crippen molar-refractivity contribution in [3.05, 3.63) is 121 Å². The molecule has 0 spiro atoms. The number of hydrogen-bond acceptors (Lipinski definition) is 0. The Morgan fingerprint density at radius 2 is 0.656 bits per heavy atom. The summed E-state index contributed by atoms with van der Waals surface area (Å²) in [5.41, 5.74) is 0. The molecule has 0 aromatic heterocycles. The van der Waals surface area contributed by atoms with Gasteiger partial charge in [0, 0.05) is 0 Å². The van der Waals surface area contributed by atoms with Gasteiger partial charge in [0.15, 0.2) is 0 Å². The maximum atomic E-state index is 2.30. The molecule has 0 amide bonds. The molecule has 0 heterocycles. The van der Waals surface area contributed by atoms with Crippen LogP contribution >= 0.6 is 15.8 Å². The molecule has 0 aliphatic carbocycles. The normalized spacial score (nSPS) is 10.8. The van der Waals surface area contributed by atoms with Crippen LogP contribution in [0.1, 0.15) is 6.42 Å². The molecule has 0 fully saturated rings. The van der Waals surface area contributed by atoms with E-state index >= 15 is 0 Å². The molecule has 4 aromatic rings. The van der Waals surface area contributed by atoms with E-state index in [9.17, 15) is 0 Å². The van der Waals surface area contributed by atoms with E-state index in [1.807, 2.05) is 0 Å². The number of benzene rings is 4. The monoisotopic (exact) mass is 548 g/mol. The van der Waals surface area contributed by atoms with Crippen LogP contribution in [0.2, 0.25) is 10.8 Å². The van der Waals surface area contributed by atoms with Crippen molar-refractivity contribution in [3.8, 4) is 0 Å². The molecule has 0 N–H and O–H groups in total. The molecular formula is C29H32P2Pd. The fourth-order valence-electron chi connectivity index (χ4n) is 3.63. The molecule has 0 bridgehead atoms. The van der Waals surface area contributed by atoms with Gasteiger partial charge in [-0.15, -0.1) is 0 Å². The van der Waals surface area contributed by atoms with E-state index in [2.05, 4.69) is 132 Å². The van der Waals surface area contributed by atoms with E-state index in [1.165, 1.54) is 40.0 Å². The molecule has 0 radical (unpaired) electrons. The average molecular weight is 549 g/mol. The second-order valence-corrected chi connectivity index (χ2v) is 13.5. The minimum atomic E-state index is -0.309. The summed E-state index contributed by atoms with van der Waals surface area (Å²) in [5.74, 6) is 0. The first-order valence-electron chi connectivity index (χ1n) is 10.8. The van der Waals surface area contributed by atoms with Crippen LogP contribution < -0.4 is 21.2 Å². The largest absolute Gasteiger partial charge is 0.0622 e. The quantitative estimate of drug-likeness (QED) is 0.168. The van der Waals surface area contributed by atoms with Gasteiger partial charge in [0.05, 0.1) is 0 Å². The zero-order valence-corrected chi connectivity index (χ0v) is 22.2.